The highest BCUT2D eigenvalue weighted by molar-refractivity contribution is 6.07. The molecule has 0 saturated heterocycles. The molecule has 1 aromatic heterocycles. The summed E-state index contributed by atoms with van der Waals surface area (Å²) in [4.78, 5) is 12.5. The highest BCUT2D eigenvalue weighted by atomic mass is 16.3. The Morgan fingerprint density at radius 2 is 1.80 bits per heavy atom. The van der Waals surface area contributed by atoms with Gasteiger partial charge in [0.15, 0.2) is 0 Å². The fourth-order valence-corrected chi connectivity index (χ4v) is 2.03. The number of nitrogens with one attached hydrogen (secondary N) is 1. The van der Waals surface area contributed by atoms with E-state index in [0.717, 1.165) is 10.9 Å². The van der Waals surface area contributed by atoms with Crippen LogP contribution >= 0.6 is 0 Å². The Hall–Kier alpha value is -1.81. The number of hydrogen-bond donors (Lipinski definition) is 2. The fourth-order valence-electron chi connectivity index (χ4n) is 2.03. The van der Waals surface area contributed by atoms with Crippen molar-refractivity contribution in [1.82, 2.24) is 9.88 Å². The number of carbonyl (C=O) groups excluding carboxylic acids is 1. The molecule has 0 fully saturated rings. The Balaban J connectivity index is 2.38. The number of amides is 1. The molecule has 2 N–H and O–H groups in total. The number of fused-ring (bicyclic) bond motifs is 1. The molecule has 2 rings (SSSR count). The fraction of sp³-hybridized carbons (Fsp3) is 0.438. The van der Waals surface area contributed by atoms with Crippen LogP contribution in [0.25, 0.3) is 10.9 Å². The molecule has 1 amide bonds. The quantitative estimate of drug-likeness (QED) is 0.903. The lowest BCUT2D eigenvalue weighted by Gasteiger charge is -2.37. The minimum atomic E-state index is -1.01. The molecule has 108 valence electrons. The molecule has 1 aromatic carbocycles. The molecule has 0 aliphatic carbocycles. The summed E-state index contributed by atoms with van der Waals surface area (Å²) in [6, 6.07) is 7.78. The van der Waals surface area contributed by atoms with Crippen LogP contribution in [-0.4, -0.2) is 26.7 Å². The normalized spacial score (nSPS) is 12.7. The minimum absolute atomic E-state index is 0.172. The Morgan fingerprint density at radius 1 is 1.20 bits per heavy atom. The van der Waals surface area contributed by atoms with Gasteiger partial charge in [0.2, 0.25) is 0 Å². The van der Waals surface area contributed by atoms with Crippen LogP contribution in [0.2, 0.25) is 0 Å². The van der Waals surface area contributed by atoms with Crippen LogP contribution in [-0.2, 0) is 7.05 Å². The zero-order valence-electron chi connectivity index (χ0n) is 12.7. The van der Waals surface area contributed by atoms with Crippen molar-refractivity contribution < 1.29 is 9.90 Å². The number of nitrogens with zero attached hydrogens (tertiary/aromatic N) is 1. The van der Waals surface area contributed by atoms with Gasteiger partial charge in [-0.15, -0.1) is 0 Å². The second kappa shape index (κ2) is 4.63. The van der Waals surface area contributed by atoms with Crippen molar-refractivity contribution in [1.29, 1.82) is 0 Å². The number of para-hydroxylation sites is 1. The molecule has 2 aromatic rings. The molecular weight excluding hydrogens is 252 g/mol. The van der Waals surface area contributed by atoms with Gasteiger partial charge < -0.3 is 15.0 Å². The van der Waals surface area contributed by atoms with Gasteiger partial charge in [0.05, 0.1) is 16.7 Å². The van der Waals surface area contributed by atoms with Gasteiger partial charge in [-0.25, -0.2) is 0 Å². The van der Waals surface area contributed by atoms with E-state index in [2.05, 4.69) is 5.32 Å². The van der Waals surface area contributed by atoms with E-state index in [0.29, 0.717) is 5.56 Å². The van der Waals surface area contributed by atoms with E-state index >= 15 is 0 Å². The number of aromatic nitrogens is 1. The predicted molar refractivity (Wildman–Crippen MR) is 80.8 cm³/mol. The van der Waals surface area contributed by atoms with E-state index in [1.54, 1.807) is 13.8 Å². The Morgan fingerprint density at radius 3 is 2.40 bits per heavy atom. The number of rotatable bonds is 3. The van der Waals surface area contributed by atoms with Gasteiger partial charge >= 0.3 is 0 Å². The smallest absolute Gasteiger partial charge is 0.253 e. The maximum atomic E-state index is 12.5. The minimum Gasteiger partial charge on any atom is -0.388 e. The van der Waals surface area contributed by atoms with Crippen LogP contribution in [0.4, 0.5) is 0 Å². The first kappa shape index (κ1) is 14.6. The molecule has 20 heavy (non-hydrogen) atoms. The summed E-state index contributed by atoms with van der Waals surface area (Å²) in [5.74, 6) is -0.172. The van der Waals surface area contributed by atoms with Crippen LogP contribution in [0, 0.1) is 0 Å². The van der Waals surface area contributed by atoms with Gasteiger partial charge in [0.1, 0.15) is 0 Å². The van der Waals surface area contributed by atoms with Gasteiger partial charge in [-0.2, -0.15) is 0 Å². The van der Waals surface area contributed by atoms with Crippen molar-refractivity contribution >= 4 is 16.8 Å². The summed E-state index contributed by atoms with van der Waals surface area (Å²) in [6.45, 7) is 7.01. The summed E-state index contributed by atoms with van der Waals surface area (Å²) < 4.78 is 1.93. The van der Waals surface area contributed by atoms with Crippen LogP contribution in [0.3, 0.4) is 0 Å². The van der Waals surface area contributed by atoms with Crippen molar-refractivity contribution in [3.63, 3.8) is 0 Å². The van der Waals surface area contributed by atoms with E-state index in [1.807, 2.05) is 55.9 Å². The molecular formula is C16H22N2O2. The van der Waals surface area contributed by atoms with Crippen molar-refractivity contribution in [3.05, 3.63) is 36.0 Å². The zero-order valence-corrected chi connectivity index (χ0v) is 12.7. The number of carbonyl (C=O) groups is 1. The molecule has 4 heteroatoms. The molecule has 0 atom stereocenters. The monoisotopic (exact) mass is 274 g/mol. The van der Waals surface area contributed by atoms with Gasteiger partial charge in [0, 0.05) is 24.1 Å². The van der Waals surface area contributed by atoms with E-state index in [4.69, 9.17) is 0 Å². The molecule has 0 bridgehead atoms. The zero-order chi connectivity index (χ0) is 15.1. The Labute approximate surface area is 119 Å². The average molecular weight is 274 g/mol. The summed E-state index contributed by atoms with van der Waals surface area (Å²) in [7, 11) is 1.92. The predicted octanol–water partition coefficient (Wildman–Crippen LogP) is 2.46. The third-order valence-electron chi connectivity index (χ3n) is 4.10. The van der Waals surface area contributed by atoms with Crippen LogP contribution < -0.4 is 5.32 Å². The maximum Gasteiger partial charge on any atom is 0.253 e. The Bertz CT molecular complexity index is 648. The standard InChI is InChI=1S/C16H22N2O2/c1-15(2,16(3,4)20)17-14(19)12-10-18(5)13-9-7-6-8-11(12)13/h6-10,20H,1-5H3,(H,17,19). The lowest BCUT2D eigenvalue weighted by molar-refractivity contribution is -0.00289. The second-order valence-corrected chi connectivity index (χ2v) is 6.31. The molecule has 0 unspecified atom stereocenters. The molecule has 0 radical (unpaired) electrons. The van der Waals surface area contributed by atoms with Crippen LogP contribution in [0.1, 0.15) is 38.1 Å². The van der Waals surface area contributed by atoms with Gasteiger partial charge in [-0.3, -0.25) is 4.79 Å². The topological polar surface area (TPSA) is 54.3 Å². The van der Waals surface area contributed by atoms with Gasteiger partial charge in [-0.05, 0) is 33.8 Å². The molecule has 0 aliphatic heterocycles. The third-order valence-corrected chi connectivity index (χ3v) is 4.10. The number of aliphatic hydroxyl groups is 1. The Kier molecular flexibility index (Phi) is 3.38. The maximum absolute atomic E-state index is 12.5. The molecule has 1 heterocycles. The van der Waals surface area contributed by atoms with Crippen LogP contribution in [0.5, 0.6) is 0 Å². The number of benzene rings is 1. The summed E-state index contributed by atoms with van der Waals surface area (Å²) >= 11 is 0. The molecule has 0 saturated carbocycles. The largest absolute Gasteiger partial charge is 0.388 e. The first-order valence-electron chi connectivity index (χ1n) is 6.72. The van der Waals surface area contributed by atoms with Crippen molar-refractivity contribution in [2.45, 2.75) is 38.8 Å². The number of hydrogen-bond acceptors (Lipinski definition) is 2. The summed E-state index contributed by atoms with van der Waals surface area (Å²) in [6.07, 6.45) is 1.82. The van der Waals surface area contributed by atoms with E-state index in [-0.39, 0.29) is 5.91 Å². The SMILES string of the molecule is Cn1cc(C(=O)NC(C)(C)C(C)(C)O)c2ccccc21. The van der Waals surface area contributed by atoms with E-state index in [9.17, 15) is 9.90 Å². The molecule has 4 nitrogen and oxygen atoms in total. The summed E-state index contributed by atoms with van der Waals surface area (Å²) in [5, 5.41) is 14.0. The molecule has 0 spiro atoms. The highest BCUT2D eigenvalue weighted by Gasteiger charge is 2.36. The highest BCUT2D eigenvalue weighted by Crippen LogP contribution is 2.24. The van der Waals surface area contributed by atoms with E-state index in [1.165, 1.54) is 0 Å². The van der Waals surface area contributed by atoms with Gasteiger partial charge in [-0.1, -0.05) is 18.2 Å². The third kappa shape index (κ3) is 2.43. The second-order valence-electron chi connectivity index (χ2n) is 6.31. The average Bonchev–Trinajstić information content (AvgIpc) is 2.66. The molecule has 0 aliphatic rings. The van der Waals surface area contributed by atoms with E-state index < -0.39 is 11.1 Å². The van der Waals surface area contributed by atoms with Crippen molar-refractivity contribution in [2.75, 3.05) is 0 Å². The first-order chi connectivity index (χ1) is 9.13. The number of aryl methyl sites for hydroxylation is 1. The van der Waals surface area contributed by atoms with Crippen molar-refractivity contribution in [2.24, 2.45) is 7.05 Å². The van der Waals surface area contributed by atoms with Crippen LogP contribution in [0.15, 0.2) is 30.5 Å². The lowest BCUT2D eigenvalue weighted by Crippen LogP contribution is -2.57. The lowest BCUT2D eigenvalue weighted by atomic mass is 9.85. The van der Waals surface area contributed by atoms with Crippen molar-refractivity contribution in [3.8, 4) is 0 Å². The summed E-state index contributed by atoms with van der Waals surface area (Å²) in [5.41, 5.74) is -0.0898. The first-order valence-corrected chi connectivity index (χ1v) is 6.72. The van der Waals surface area contributed by atoms with Gasteiger partial charge in [0.25, 0.3) is 5.91 Å².